The minimum absolute atomic E-state index is 0.0905. The first-order valence-corrected chi connectivity index (χ1v) is 13.9. The molecule has 2 aromatic carbocycles. The summed E-state index contributed by atoms with van der Waals surface area (Å²) in [5.41, 5.74) is 5.34. The highest BCUT2D eigenvalue weighted by molar-refractivity contribution is 6.01. The first kappa shape index (κ1) is 35.8. The molecule has 4 rings (SSSR count). The Labute approximate surface area is 241 Å². The lowest BCUT2D eigenvalue weighted by Gasteiger charge is -2.32. The molecule has 1 unspecified atom stereocenters. The van der Waals surface area contributed by atoms with Gasteiger partial charge in [-0.2, -0.15) is 10.2 Å². The normalized spacial score (nSPS) is 12.9. The molecule has 3 aromatic rings. The maximum absolute atomic E-state index is 12.7. The lowest BCUT2D eigenvalue weighted by Crippen LogP contribution is -2.52. The smallest absolute Gasteiger partial charge is 0.251 e. The fourth-order valence-corrected chi connectivity index (χ4v) is 3.57. The lowest BCUT2D eigenvalue weighted by atomic mass is 9.99. The summed E-state index contributed by atoms with van der Waals surface area (Å²) in [5.74, 6) is 0.519. The van der Waals surface area contributed by atoms with Crippen molar-refractivity contribution >= 4 is 24.3 Å². The van der Waals surface area contributed by atoms with Crippen molar-refractivity contribution < 1.29 is 9.59 Å². The number of rotatable bonds is 5. The molecule has 0 saturated heterocycles. The summed E-state index contributed by atoms with van der Waals surface area (Å²) >= 11 is 0. The van der Waals surface area contributed by atoms with Gasteiger partial charge in [-0.3, -0.25) is 19.9 Å². The number of aromatic nitrogens is 2. The molecule has 40 heavy (non-hydrogen) atoms. The van der Waals surface area contributed by atoms with Crippen molar-refractivity contribution in [1.29, 1.82) is 0 Å². The van der Waals surface area contributed by atoms with Crippen molar-refractivity contribution in [1.82, 2.24) is 20.5 Å². The van der Waals surface area contributed by atoms with E-state index in [9.17, 15) is 9.59 Å². The molecule has 8 heteroatoms. The van der Waals surface area contributed by atoms with Crippen molar-refractivity contribution in [2.24, 2.45) is 5.10 Å². The predicted molar refractivity (Wildman–Crippen MR) is 169 cm³/mol. The Kier molecular flexibility index (Phi) is 19.4. The number of benzene rings is 2. The molecule has 0 radical (unpaired) electrons. The van der Waals surface area contributed by atoms with Crippen molar-refractivity contribution in [3.05, 3.63) is 90.3 Å². The van der Waals surface area contributed by atoms with E-state index in [4.69, 9.17) is 0 Å². The van der Waals surface area contributed by atoms with Gasteiger partial charge in [0.05, 0.1) is 11.4 Å². The van der Waals surface area contributed by atoms with Crippen LogP contribution in [0.1, 0.15) is 66.1 Å². The van der Waals surface area contributed by atoms with Gasteiger partial charge in [-0.1, -0.05) is 94.8 Å². The second kappa shape index (κ2) is 21.7. The second-order valence-corrected chi connectivity index (χ2v) is 8.32. The van der Waals surface area contributed by atoms with Gasteiger partial charge >= 0.3 is 0 Å². The van der Waals surface area contributed by atoms with E-state index in [2.05, 4.69) is 41.5 Å². The number of fused-ring (bicyclic) bond motifs is 1. The van der Waals surface area contributed by atoms with Crippen LogP contribution in [0.5, 0.6) is 0 Å². The number of nitrogens with one attached hydrogen (secondary N) is 2. The minimum Gasteiger partial charge on any atom is -0.344 e. The molecule has 1 aromatic heterocycles. The number of carbonyl (C=O) groups excluding carboxylic acids is 2. The lowest BCUT2D eigenvalue weighted by molar-refractivity contribution is -0.126. The summed E-state index contributed by atoms with van der Waals surface area (Å²) in [7, 11) is 0. The van der Waals surface area contributed by atoms with Gasteiger partial charge in [0, 0.05) is 38.4 Å². The second-order valence-electron chi connectivity index (χ2n) is 8.32. The van der Waals surface area contributed by atoms with Gasteiger partial charge in [-0.15, -0.1) is 0 Å². The van der Waals surface area contributed by atoms with Crippen LogP contribution in [-0.4, -0.2) is 40.9 Å². The van der Waals surface area contributed by atoms with E-state index in [1.165, 1.54) is 13.3 Å². The molecule has 218 valence electrons. The Hall–Kier alpha value is -4.20. The Balaban J connectivity index is 0.000000731. The van der Waals surface area contributed by atoms with Crippen LogP contribution in [0.25, 0.3) is 5.69 Å². The van der Waals surface area contributed by atoms with Crippen LogP contribution in [-0.2, 0) is 16.0 Å². The molecule has 0 bridgehead atoms. The molecule has 1 aliphatic rings. The van der Waals surface area contributed by atoms with Gasteiger partial charge in [0.15, 0.2) is 0 Å². The summed E-state index contributed by atoms with van der Waals surface area (Å²) in [5, 5.41) is 10.7. The van der Waals surface area contributed by atoms with Crippen LogP contribution in [0.3, 0.4) is 0 Å². The van der Waals surface area contributed by atoms with Gasteiger partial charge in [0.2, 0.25) is 5.91 Å². The third-order valence-corrected chi connectivity index (χ3v) is 5.08. The number of anilines is 1. The summed E-state index contributed by atoms with van der Waals surface area (Å²) in [4.78, 5) is 25.8. The van der Waals surface area contributed by atoms with E-state index in [0.717, 1.165) is 22.8 Å². The van der Waals surface area contributed by atoms with E-state index in [-0.39, 0.29) is 11.8 Å². The van der Waals surface area contributed by atoms with Crippen LogP contribution in [0.4, 0.5) is 5.82 Å². The van der Waals surface area contributed by atoms with Gasteiger partial charge < -0.3 is 5.32 Å². The van der Waals surface area contributed by atoms with Gasteiger partial charge in [-0.25, -0.2) is 4.68 Å². The Morgan fingerprint density at radius 1 is 1.05 bits per heavy atom. The highest BCUT2D eigenvalue weighted by atomic mass is 16.2. The summed E-state index contributed by atoms with van der Waals surface area (Å²) in [6.45, 7) is 19.2. The van der Waals surface area contributed by atoms with E-state index in [0.29, 0.717) is 13.0 Å². The summed E-state index contributed by atoms with van der Waals surface area (Å²) in [6, 6.07) is 21.2. The third kappa shape index (κ3) is 12.1. The third-order valence-electron chi connectivity index (χ3n) is 5.08. The van der Waals surface area contributed by atoms with Gasteiger partial charge in [-0.05, 0) is 32.9 Å². The van der Waals surface area contributed by atoms with E-state index in [1.807, 2.05) is 112 Å². The monoisotopic (exact) mass is 548 g/mol. The zero-order valence-electron chi connectivity index (χ0n) is 25.5. The molecule has 8 nitrogen and oxygen atoms in total. The molecule has 2 amide bonds. The average Bonchev–Trinajstić information content (AvgIpc) is 3.31. The quantitative estimate of drug-likeness (QED) is 0.283. The average molecular weight is 549 g/mol. The molecule has 1 aliphatic heterocycles. The molecule has 1 atom stereocenters. The van der Waals surface area contributed by atoms with Crippen molar-refractivity contribution in [2.75, 3.05) is 11.4 Å². The number of hydrogen-bond donors (Lipinski definition) is 2. The number of amides is 2. The largest absolute Gasteiger partial charge is 0.344 e. The first-order valence-electron chi connectivity index (χ1n) is 13.9. The molecule has 0 saturated carbocycles. The number of hydrazone groups is 1. The topological polar surface area (TPSA) is 91.6 Å². The molecular formula is C32H48N6O2. The molecule has 0 fully saturated rings. The number of carbonyl (C=O) groups is 2. The Morgan fingerprint density at radius 3 is 1.95 bits per heavy atom. The molecular weight excluding hydrogens is 500 g/mol. The Bertz CT molecular complexity index is 1100. The maximum Gasteiger partial charge on any atom is 0.251 e. The van der Waals surface area contributed by atoms with Gasteiger partial charge in [0.25, 0.3) is 5.91 Å². The summed E-state index contributed by atoms with van der Waals surface area (Å²) < 4.78 is 1.82. The zero-order valence-corrected chi connectivity index (χ0v) is 25.5. The number of likely N-dealkylation sites (N-methyl/N-ethyl adjacent to an activating group) is 1. The van der Waals surface area contributed by atoms with Crippen LogP contribution in [0.2, 0.25) is 0 Å². The van der Waals surface area contributed by atoms with Crippen molar-refractivity contribution in [3.63, 3.8) is 0 Å². The number of hydrogen-bond acceptors (Lipinski definition) is 5. The SMILES string of the molecule is C=NN/C=C\C.CC.CCC.CCN1C(=O)C(NC(C)=O)Cc2c(C)nn(-c3ccccc3)c21.c1ccccc1. The Morgan fingerprint density at radius 2 is 1.55 bits per heavy atom. The predicted octanol–water partition coefficient (Wildman–Crippen LogP) is 6.45. The van der Waals surface area contributed by atoms with Crippen LogP contribution in [0, 0.1) is 6.92 Å². The van der Waals surface area contributed by atoms with E-state index in [1.54, 1.807) is 11.1 Å². The standard InChI is InChI=1S/C17H20N4O2.C6H6.C4H8N2.C3H8.C2H6/c1-4-20-16-14(10-15(17(20)23)18-12(3)22)11(2)19-21(16)13-8-6-5-7-9-13;1-2-4-6-5-3-1;1-3-4-6-5-2;1-3-2;1-2/h5-9,15H,4,10H2,1-3H3,(H,18,22);1-6H;3-4,6H,2H2,1H3;3H2,1-2H3;1-2H3/b;;4-3-;;. The van der Waals surface area contributed by atoms with Crippen molar-refractivity contribution in [2.45, 2.75) is 74.3 Å². The van der Waals surface area contributed by atoms with E-state index >= 15 is 0 Å². The highest BCUT2D eigenvalue weighted by Gasteiger charge is 2.37. The first-order chi connectivity index (χ1) is 19.4. The minimum atomic E-state index is -0.521. The zero-order chi connectivity index (χ0) is 30.3. The van der Waals surface area contributed by atoms with E-state index < -0.39 is 6.04 Å². The molecule has 2 N–H and O–H groups in total. The molecule has 0 spiro atoms. The number of aryl methyl sites for hydroxylation is 1. The van der Waals surface area contributed by atoms with Crippen molar-refractivity contribution in [3.8, 4) is 5.69 Å². The van der Waals surface area contributed by atoms with Crippen LogP contribution in [0.15, 0.2) is 84.1 Å². The maximum atomic E-state index is 12.7. The molecule has 0 aliphatic carbocycles. The number of para-hydroxylation sites is 1. The molecule has 2 heterocycles. The fourth-order valence-electron chi connectivity index (χ4n) is 3.57. The highest BCUT2D eigenvalue weighted by Crippen LogP contribution is 2.32. The number of allylic oxidation sites excluding steroid dienone is 1. The van der Waals surface area contributed by atoms with Crippen LogP contribution < -0.4 is 15.6 Å². The fraction of sp³-hybridized carbons (Fsp3) is 0.375. The van der Waals surface area contributed by atoms with Gasteiger partial charge in [0.1, 0.15) is 11.9 Å². The number of nitrogens with zero attached hydrogens (tertiary/aromatic N) is 4. The summed E-state index contributed by atoms with van der Waals surface area (Å²) in [6.07, 6.45) is 5.27. The van der Waals surface area contributed by atoms with Crippen LogP contribution >= 0.6 is 0 Å².